The van der Waals surface area contributed by atoms with Gasteiger partial charge < -0.3 is 39.6 Å². The maximum atomic E-state index is 14.4. The number of carbonyl (C=O) groups is 2. The third-order valence-corrected chi connectivity index (χ3v) is 9.94. The van der Waals surface area contributed by atoms with Crippen LogP contribution in [0.5, 0.6) is 0 Å². The molecule has 45 heavy (non-hydrogen) atoms. The minimum absolute atomic E-state index is 0.187. The number of aromatic amines is 1. The van der Waals surface area contributed by atoms with Crippen LogP contribution in [0.15, 0.2) is 36.4 Å². The van der Waals surface area contributed by atoms with E-state index in [9.17, 15) is 30.0 Å². The maximum Gasteiger partial charge on any atom is 0.262 e. The van der Waals surface area contributed by atoms with Crippen molar-refractivity contribution in [3.8, 4) is 0 Å². The van der Waals surface area contributed by atoms with Crippen LogP contribution in [-0.2, 0) is 4.74 Å². The molecule has 7 rings (SSSR count). The number of amides is 2. The van der Waals surface area contributed by atoms with Crippen LogP contribution in [0.2, 0.25) is 10.0 Å². The lowest BCUT2D eigenvalue weighted by Crippen LogP contribution is -2.56. The topological polar surface area (TPSA) is 151 Å². The first-order valence-corrected chi connectivity index (χ1v) is 15.7. The van der Waals surface area contributed by atoms with Gasteiger partial charge in [-0.2, -0.15) is 0 Å². The summed E-state index contributed by atoms with van der Waals surface area (Å²) >= 11 is 13.5. The predicted octanol–water partition coefficient (Wildman–Crippen LogP) is 3.65. The van der Waals surface area contributed by atoms with Crippen LogP contribution in [0.1, 0.15) is 40.8 Å². The zero-order valence-electron chi connectivity index (χ0n) is 24.5. The molecule has 0 saturated carbocycles. The van der Waals surface area contributed by atoms with Gasteiger partial charge in [0.25, 0.3) is 11.8 Å². The molecule has 0 spiro atoms. The van der Waals surface area contributed by atoms with E-state index in [4.69, 9.17) is 27.9 Å². The van der Waals surface area contributed by atoms with Crippen molar-refractivity contribution in [3.05, 3.63) is 57.6 Å². The monoisotopic (exact) mass is 654 g/mol. The summed E-state index contributed by atoms with van der Waals surface area (Å²) in [5, 5.41) is 45.3. The zero-order chi connectivity index (χ0) is 31.9. The van der Waals surface area contributed by atoms with Gasteiger partial charge in [0.05, 0.1) is 49.8 Å². The Morgan fingerprint density at radius 2 is 1.49 bits per heavy atom. The smallest absolute Gasteiger partial charge is 0.262 e. The molecule has 2 aliphatic rings. The lowest BCUT2D eigenvalue weighted by Gasteiger charge is -2.41. The largest absolute Gasteiger partial charge is 0.394 e. The molecule has 13 heteroatoms. The Labute approximate surface area is 267 Å². The van der Waals surface area contributed by atoms with Crippen molar-refractivity contribution in [1.82, 2.24) is 19.4 Å². The summed E-state index contributed by atoms with van der Waals surface area (Å²) in [5.74, 6) is -0.885. The molecule has 236 valence electrons. The van der Waals surface area contributed by atoms with Crippen LogP contribution < -0.4 is 0 Å². The van der Waals surface area contributed by atoms with Gasteiger partial charge >= 0.3 is 0 Å². The van der Waals surface area contributed by atoms with Crippen LogP contribution in [0, 0.1) is 0 Å². The number of H-pyrrole nitrogens is 1. The van der Waals surface area contributed by atoms with Gasteiger partial charge in [0.1, 0.15) is 24.4 Å². The number of rotatable bonds is 7. The van der Waals surface area contributed by atoms with Gasteiger partial charge in [0, 0.05) is 34.6 Å². The summed E-state index contributed by atoms with van der Waals surface area (Å²) in [6.07, 6.45) is -7.47. The Bertz CT molecular complexity index is 2020. The molecule has 1 fully saturated rings. The third-order valence-electron chi connectivity index (χ3n) is 9.32. The molecule has 0 radical (unpaired) electrons. The number of fused-ring (bicyclic) bond motifs is 10. The quantitative estimate of drug-likeness (QED) is 0.167. The first-order chi connectivity index (χ1) is 21.6. The molecule has 5 atom stereocenters. The Hall–Kier alpha value is -3.26. The number of aliphatic hydroxyl groups is 4. The summed E-state index contributed by atoms with van der Waals surface area (Å²) in [6.45, 7) is 5.63. The number of nitrogens with zero attached hydrogens (tertiary/aromatic N) is 3. The number of hydrogen-bond donors (Lipinski definition) is 5. The SMILES string of the molecule is CCN(CC)CCN1C(=O)c2c(c3c4cccc(Cl)c4n([C@@H]4O[C@H](CO)[C@@H](O)[C@H](O)[C@H]4O)c3c3[nH]c4c(Cl)cccc4c23)C1=O. The minimum Gasteiger partial charge on any atom is -0.394 e. The molecular weight excluding hydrogens is 623 g/mol. The van der Waals surface area contributed by atoms with Crippen LogP contribution in [0.3, 0.4) is 0 Å². The molecule has 0 unspecified atom stereocenters. The van der Waals surface area contributed by atoms with E-state index < -0.39 is 49.1 Å². The number of likely N-dealkylation sites (N-methyl/N-ethyl adjacent to an activating group) is 1. The van der Waals surface area contributed by atoms with Crippen molar-refractivity contribution in [1.29, 1.82) is 0 Å². The molecule has 5 aromatic rings. The highest BCUT2D eigenvalue weighted by Gasteiger charge is 2.47. The third kappa shape index (κ3) is 4.26. The van der Waals surface area contributed by atoms with Crippen LogP contribution in [0.4, 0.5) is 0 Å². The van der Waals surface area contributed by atoms with E-state index in [0.717, 1.165) is 13.1 Å². The van der Waals surface area contributed by atoms with Crippen molar-refractivity contribution in [2.24, 2.45) is 0 Å². The highest BCUT2D eigenvalue weighted by Crippen LogP contribution is 2.49. The lowest BCUT2D eigenvalue weighted by molar-refractivity contribution is -0.249. The maximum absolute atomic E-state index is 14.4. The van der Waals surface area contributed by atoms with Crippen molar-refractivity contribution in [3.63, 3.8) is 0 Å². The van der Waals surface area contributed by atoms with Gasteiger partial charge in [0.15, 0.2) is 6.23 Å². The van der Waals surface area contributed by atoms with Crippen LogP contribution in [-0.4, -0.2) is 109 Å². The molecule has 2 aromatic heterocycles. The van der Waals surface area contributed by atoms with Gasteiger partial charge in [-0.3, -0.25) is 14.5 Å². The summed E-state index contributed by atoms with van der Waals surface area (Å²) in [5.41, 5.74) is 2.18. The number of aliphatic hydroxyl groups excluding tert-OH is 4. The van der Waals surface area contributed by atoms with Crippen LogP contribution >= 0.6 is 23.2 Å². The van der Waals surface area contributed by atoms with Gasteiger partial charge in [-0.05, 0) is 25.2 Å². The fourth-order valence-corrected chi connectivity index (χ4v) is 7.50. The predicted molar refractivity (Wildman–Crippen MR) is 171 cm³/mol. The number of carbonyl (C=O) groups excluding carboxylic acids is 2. The molecule has 11 nitrogen and oxygen atoms in total. The summed E-state index contributed by atoms with van der Waals surface area (Å²) in [7, 11) is 0. The molecule has 4 heterocycles. The summed E-state index contributed by atoms with van der Waals surface area (Å²) in [4.78, 5) is 35.4. The first-order valence-electron chi connectivity index (χ1n) is 14.9. The number of hydrogen-bond acceptors (Lipinski definition) is 8. The number of halogens is 2. The molecule has 0 aliphatic carbocycles. The van der Waals surface area contributed by atoms with Crippen LogP contribution in [0.25, 0.3) is 43.6 Å². The van der Waals surface area contributed by atoms with Gasteiger partial charge in [-0.1, -0.05) is 61.3 Å². The first kappa shape index (κ1) is 30.4. The molecule has 2 aliphatic heterocycles. The second kappa shape index (κ2) is 11.2. The number of aromatic nitrogens is 2. The second-order valence-electron chi connectivity index (χ2n) is 11.5. The highest BCUT2D eigenvalue weighted by molar-refractivity contribution is 6.43. The van der Waals surface area contributed by atoms with E-state index in [1.165, 1.54) is 4.90 Å². The van der Waals surface area contributed by atoms with E-state index in [1.807, 2.05) is 19.9 Å². The number of benzene rings is 3. The Balaban J connectivity index is 1.62. The molecule has 5 N–H and O–H groups in total. The highest BCUT2D eigenvalue weighted by atomic mass is 35.5. The summed E-state index contributed by atoms with van der Waals surface area (Å²) < 4.78 is 7.64. The Morgan fingerprint density at radius 1 is 0.844 bits per heavy atom. The molecule has 1 saturated heterocycles. The average Bonchev–Trinajstić information content (AvgIpc) is 3.66. The lowest BCUT2D eigenvalue weighted by atomic mass is 9.96. The second-order valence-corrected chi connectivity index (χ2v) is 12.3. The fourth-order valence-electron chi connectivity index (χ4n) is 7.01. The molecule has 2 amide bonds. The minimum atomic E-state index is -1.67. The van der Waals surface area contributed by atoms with Gasteiger partial charge in [0.2, 0.25) is 0 Å². The van der Waals surface area contributed by atoms with E-state index in [2.05, 4.69) is 9.88 Å². The Kier molecular flexibility index (Phi) is 7.58. The molecule has 3 aromatic carbocycles. The standard InChI is InChI=1S/C32H32Cl2N4O7/c1-3-36(4-2)11-12-37-30(43)21-19-14-7-5-9-16(33)23(14)35-24(19)26-20(22(21)31(37)44)15-8-6-10-17(34)25(15)38(26)32-29(42)28(41)27(40)18(13-39)45-32/h5-10,18,27-29,32,35,39-42H,3-4,11-13H2,1-2H3/t18-,27-,28+,29-,32-/m1/s1. The molecule has 0 bridgehead atoms. The van der Waals surface area contributed by atoms with Crippen molar-refractivity contribution in [2.75, 3.05) is 32.8 Å². The van der Waals surface area contributed by atoms with Crippen molar-refractivity contribution in [2.45, 2.75) is 44.5 Å². The van der Waals surface area contributed by atoms with Crippen molar-refractivity contribution >= 4 is 78.6 Å². The number of nitrogens with one attached hydrogen (secondary N) is 1. The van der Waals surface area contributed by atoms with Crippen molar-refractivity contribution < 1.29 is 34.8 Å². The van der Waals surface area contributed by atoms with E-state index in [1.54, 1.807) is 34.9 Å². The zero-order valence-corrected chi connectivity index (χ0v) is 26.0. The van der Waals surface area contributed by atoms with E-state index in [-0.39, 0.29) is 22.7 Å². The Morgan fingerprint density at radius 3 is 2.16 bits per heavy atom. The summed E-state index contributed by atoms with van der Waals surface area (Å²) in [6, 6.07) is 10.4. The molecular formula is C32H32Cl2N4O7. The van der Waals surface area contributed by atoms with Gasteiger partial charge in [-0.15, -0.1) is 0 Å². The van der Waals surface area contributed by atoms with Gasteiger partial charge in [-0.25, -0.2) is 0 Å². The van der Waals surface area contributed by atoms with E-state index >= 15 is 0 Å². The average molecular weight is 656 g/mol. The normalized spacial score (nSPS) is 23.9. The van der Waals surface area contributed by atoms with E-state index in [0.29, 0.717) is 55.2 Å². The number of para-hydroxylation sites is 2. The number of imide groups is 1. The fraction of sp³-hybridized carbons (Fsp3) is 0.375. The number of ether oxygens (including phenoxy) is 1.